The second kappa shape index (κ2) is 6.87. The molecule has 0 aliphatic rings. The third-order valence-corrected chi connectivity index (χ3v) is 4.26. The summed E-state index contributed by atoms with van der Waals surface area (Å²) in [6.07, 6.45) is 1.27. The maximum atomic E-state index is 11.9. The third-order valence-electron chi connectivity index (χ3n) is 2.64. The molecular formula is C12H22O5S. The van der Waals surface area contributed by atoms with Crippen LogP contribution in [0.5, 0.6) is 0 Å². The second-order valence-electron chi connectivity index (χ2n) is 4.71. The monoisotopic (exact) mass is 278 g/mol. The largest absolute Gasteiger partial charge is 0.465 e. The van der Waals surface area contributed by atoms with Crippen LogP contribution < -0.4 is 0 Å². The molecule has 0 saturated carbocycles. The van der Waals surface area contributed by atoms with Gasteiger partial charge in [-0.2, -0.15) is 0 Å². The SMILES string of the molecule is CCCCS(=O)(=O)CC(=O)C(C)(C)C(=O)OCC. The fourth-order valence-electron chi connectivity index (χ4n) is 1.24. The predicted octanol–water partition coefficient (Wildman–Crippen LogP) is 1.36. The van der Waals surface area contributed by atoms with E-state index < -0.39 is 32.8 Å². The molecule has 0 aliphatic heterocycles. The van der Waals surface area contributed by atoms with E-state index in [-0.39, 0.29) is 12.4 Å². The summed E-state index contributed by atoms with van der Waals surface area (Å²) in [5.41, 5.74) is -1.41. The number of hydrogen-bond donors (Lipinski definition) is 0. The van der Waals surface area contributed by atoms with E-state index in [9.17, 15) is 18.0 Å². The van der Waals surface area contributed by atoms with E-state index in [1.165, 1.54) is 13.8 Å². The molecule has 0 fully saturated rings. The van der Waals surface area contributed by atoms with Crippen LogP contribution in [-0.2, 0) is 24.2 Å². The van der Waals surface area contributed by atoms with E-state index in [0.29, 0.717) is 6.42 Å². The van der Waals surface area contributed by atoms with Crippen LogP contribution in [-0.4, -0.2) is 38.3 Å². The van der Waals surface area contributed by atoms with Crippen LogP contribution in [0.2, 0.25) is 0 Å². The lowest BCUT2D eigenvalue weighted by Crippen LogP contribution is -2.39. The smallest absolute Gasteiger partial charge is 0.319 e. The molecule has 0 aromatic carbocycles. The first-order chi connectivity index (χ1) is 8.17. The molecule has 0 rings (SSSR count). The summed E-state index contributed by atoms with van der Waals surface area (Å²) in [4.78, 5) is 23.4. The minimum absolute atomic E-state index is 0.0197. The van der Waals surface area contributed by atoms with Crippen LogP contribution in [0, 0.1) is 5.41 Å². The van der Waals surface area contributed by atoms with Crippen molar-refractivity contribution in [1.82, 2.24) is 0 Å². The van der Waals surface area contributed by atoms with Crippen LogP contribution in [0.4, 0.5) is 0 Å². The summed E-state index contributed by atoms with van der Waals surface area (Å²) in [6.45, 7) is 6.46. The van der Waals surface area contributed by atoms with Crippen molar-refractivity contribution in [3.63, 3.8) is 0 Å². The van der Waals surface area contributed by atoms with Gasteiger partial charge in [-0.15, -0.1) is 0 Å². The molecule has 0 unspecified atom stereocenters. The molecule has 0 aromatic rings. The average molecular weight is 278 g/mol. The summed E-state index contributed by atoms with van der Waals surface area (Å²) in [5, 5.41) is 0. The van der Waals surface area contributed by atoms with Crippen molar-refractivity contribution in [2.24, 2.45) is 5.41 Å². The van der Waals surface area contributed by atoms with E-state index >= 15 is 0 Å². The molecular weight excluding hydrogens is 256 g/mol. The lowest BCUT2D eigenvalue weighted by Gasteiger charge is -2.20. The molecule has 18 heavy (non-hydrogen) atoms. The van der Waals surface area contributed by atoms with E-state index in [1.807, 2.05) is 6.92 Å². The quantitative estimate of drug-likeness (QED) is 0.495. The van der Waals surface area contributed by atoms with Gasteiger partial charge in [-0.3, -0.25) is 9.59 Å². The lowest BCUT2D eigenvalue weighted by molar-refractivity contribution is -0.157. The molecule has 5 nitrogen and oxygen atoms in total. The predicted molar refractivity (Wildman–Crippen MR) is 69.0 cm³/mol. The Kier molecular flexibility index (Phi) is 6.52. The number of rotatable bonds is 8. The zero-order valence-electron chi connectivity index (χ0n) is 11.5. The van der Waals surface area contributed by atoms with Gasteiger partial charge in [-0.1, -0.05) is 13.3 Å². The molecule has 0 amide bonds. The molecule has 6 heteroatoms. The molecule has 0 heterocycles. The Morgan fingerprint density at radius 3 is 2.17 bits per heavy atom. The first kappa shape index (κ1) is 17.1. The van der Waals surface area contributed by atoms with Gasteiger partial charge in [0.25, 0.3) is 0 Å². The van der Waals surface area contributed by atoms with Crippen LogP contribution >= 0.6 is 0 Å². The van der Waals surface area contributed by atoms with E-state index in [1.54, 1.807) is 6.92 Å². The first-order valence-corrected chi connectivity index (χ1v) is 7.90. The number of unbranched alkanes of at least 4 members (excludes halogenated alkanes) is 1. The van der Waals surface area contributed by atoms with Crippen molar-refractivity contribution in [2.45, 2.75) is 40.5 Å². The van der Waals surface area contributed by atoms with Crippen molar-refractivity contribution in [2.75, 3.05) is 18.1 Å². The number of Topliss-reactive ketones (excluding diaryl/α,β-unsaturated/α-hetero) is 1. The fourth-order valence-corrected chi connectivity index (χ4v) is 2.88. The summed E-state index contributed by atoms with van der Waals surface area (Å²) >= 11 is 0. The maximum Gasteiger partial charge on any atom is 0.319 e. The van der Waals surface area contributed by atoms with Gasteiger partial charge in [0.2, 0.25) is 0 Å². The van der Waals surface area contributed by atoms with Gasteiger partial charge in [-0.05, 0) is 27.2 Å². The number of hydrogen-bond acceptors (Lipinski definition) is 5. The molecule has 0 radical (unpaired) electrons. The number of esters is 1. The van der Waals surface area contributed by atoms with Gasteiger partial charge < -0.3 is 4.74 Å². The minimum Gasteiger partial charge on any atom is -0.465 e. The van der Waals surface area contributed by atoms with Crippen molar-refractivity contribution >= 4 is 21.6 Å². The van der Waals surface area contributed by atoms with Gasteiger partial charge >= 0.3 is 5.97 Å². The highest BCUT2D eigenvalue weighted by atomic mass is 32.2. The Morgan fingerprint density at radius 2 is 1.72 bits per heavy atom. The summed E-state index contributed by atoms with van der Waals surface area (Å²) < 4.78 is 28.1. The van der Waals surface area contributed by atoms with Crippen LogP contribution in [0.3, 0.4) is 0 Å². The molecule has 0 saturated heterocycles. The highest BCUT2D eigenvalue weighted by Crippen LogP contribution is 2.20. The van der Waals surface area contributed by atoms with Gasteiger partial charge in [0, 0.05) is 0 Å². The number of sulfone groups is 1. The molecule has 0 N–H and O–H groups in total. The summed E-state index contributed by atoms with van der Waals surface area (Å²) in [6, 6.07) is 0. The Balaban J connectivity index is 4.71. The first-order valence-electron chi connectivity index (χ1n) is 6.08. The number of carbonyl (C=O) groups is 2. The Labute approximate surface area is 109 Å². The molecule has 0 atom stereocenters. The lowest BCUT2D eigenvalue weighted by atomic mass is 9.89. The van der Waals surface area contributed by atoms with Crippen molar-refractivity contribution in [3.8, 4) is 0 Å². The average Bonchev–Trinajstić information content (AvgIpc) is 2.26. The van der Waals surface area contributed by atoms with Gasteiger partial charge in [0.1, 0.15) is 11.2 Å². The van der Waals surface area contributed by atoms with Gasteiger partial charge in [-0.25, -0.2) is 8.42 Å². The zero-order valence-corrected chi connectivity index (χ0v) is 12.3. The van der Waals surface area contributed by atoms with Crippen molar-refractivity contribution in [1.29, 1.82) is 0 Å². The molecule has 0 aromatic heterocycles. The molecule has 0 bridgehead atoms. The minimum atomic E-state index is -3.43. The third kappa shape index (κ3) is 5.16. The Morgan fingerprint density at radius 1 is 1.17 bits per heavy atom. The van der Waals surface area contributed by atoms with Crippen LogP contribution in [0.1, 0.15) is 40.5 Å². The van der Waals surface area contributed by atoms with Crippen LogP contribution in [0.25, 0.3) is 0 Å². The number of ketones is 1. The zero-order chi connectivity index (χ0) is 14.4. The Bertz CT molecular complexity index is 395. The highest BCUT2D eigenvalue weighted by molar-refractivity contribution is 7.92. The molecule has 106 valence electrons. The standard InChI is InChI=1S/C12H22O5S/c1-5-7-8-18(15,16)9-10(13)12(3,4)11(14)17-6-2/h5-9H2,1-4H3. The van der Waals surface area contributed by atoms with Gasteiger partial charge in [0.05, 0.1) is 12.4 Å². The number of carbonyl (C=O) groups excluding carboxylic acids is 2. The number of ether oxygens (including phenoxy) is 1. The highest BCUT2D eigenvalue weighted by Gasteiger charge is 2.39. The second-order valence-corrected chi connectivity index (χ2v) is 6.90. The van der Waals surface area contributed by atoms with Crippen molar-refractivity contribution < 1.29 is 22.7 Å². The molecule has 0 spiro atoms. The maximum absolute atomic E-state index is 11.9. The fraction of sp³-hybridized carbons (Fsp3) is 0.833. The summed E-state index contributed by atoms with van der Waals surface area (Å²) in [5.74, 6) is -1.91. The van der Waals surface area contributed by atoms with Crippen molar-refractivity contribution in [3.05, 3.63) is 0 Å². The van der Waals surface area contributed by atoms with E-state index in [0.717, 1.165) is 6.42 Å². The molecule has 0 aliphatic carbocycles. The summed E-state index contributed by atoms with van der Waals surface area (Å²) in [7, 11) is -3.43. The van der Waals surface area contributed by atoms with E-state index in [4.69, 9.17) is 4.74 Å². The topological polar surface area (TPSA) is 77.5 Å². The van der Waals surface area contributed by atoms with Gasteiger partial charge in [0.15, 0.2) is 15.6 Å². The Hall–Kier alpha value is -0.910. The normalized spacial score (nSPS) is 12.2. The van der Waals surface area contributed by atoms with Crippen LogP contribution in [0.15, 0.2) is 0 Å². The van der Waals surface area contributed by atoms with E-state index in [2.05, 4.69) is 0 Å².